The van der Waals surface area contributed by atoms with Gasteiger partial charge in [-0.15, -0.1) is 0 Å². The molecule has 1 aliphatic rings. The van der Waals surface area contributed by atoms with E-state index in [2.05, 4.69) is 0 Å². The Bertz CT molecular complexity index is 877. The second kappa shape index (κ2) is 9.96. The van der Waals surface area contributed by atoms with Crippen LogP contribution in [0.25, 0.3) is 0 Å². The van der Waals surface area contributed by atoms with Crippen LogP contribution in [0.15, 0.2) is 48.5 Å². The normalized spacial score (nSPS) is 15.6. The summed E-state index contributed by atoms with van der Waals surface area (Å²) in [6.07, 6.45) is 1.52. The third-order valence-corrected chi connectivity index (χ3v) is 5.76. The van der Waals surface area contributed by atoms with Gasteiger partial charge < -0.3 is 20.1 Å². The van der Waals surface area contributed by atoms with Gasteiger partial charge in [-0.1, -0.05) is 23.7 Å². The first-order valence-corrected chi connectivity index (χ1v) is 10.3. The lowest BCUT2D eigenvalue weighted by molar-refractivity contribution is -0.121. The average molecular weight is 431 g/mol. The number of methoxy groups -OCH3 is 1. The molecule has 1 aliphatic heterocycles. The molecule has 0 bridgehead atoms. The number of halogens is 1. The number of carbonyl (C=O) groups excluding carboxylic acids is 2. The summed E-state index contributed by atoms with van der Waals surface area (Å²) < 4.78 is 11.1. The van der Waals surface area contributed by atoms with Gasteiger partial charge in [0.2, 0.25) is 5.91 Å². The Morgan fingerprint density at radius 2 is 1.83 bits per heavy atom. The third kappa shape index (κ3) is 5.74. The molecule has 1 saturated heterocycles. The lowest BCUT2D eigenvalue weighted by Gasteiger charge is -2.41. The van der Waals surface area contributed by atoms with E-state index in [1.54, 1.807) is 31.4 Å². The summed E-state index contributed by atoms with van der Waals surface area (Å²) in [7, 11) is 1.63. The van der Waals surface area contributed by atoms with Crippen LogP contribution >= 0.6 is 11.6 Å². The minimum atomic E-state index is -0.389. The number of benzene rings is 2. The molecular formula is C23H27ClN2O4. The molecule has 0 aromatic heterocycles. The molecule has 3 rings (SSSR count). The standard InChI is InChI=1S/C23H27ClN2O4/c1-29-15-17-3-2-4-18(13-17)22(28)26-11-9-23(10-12-26,14-21(25)27)16-30-20-7-5-19(24)6-8-20/h2-8,13H,9-12,14-16H2,1H3,(H2,25,27). The predicted molar refractivity (Wildman–Crippen MR) is 115 cm³/mol. The molecular weight excluding hydrogens is 404 g/mol. The molecule has 0 radical (unpaired) electrons. The highest BCUT2D eigenvalue weighted by atomic mass is 35.5. The van der Waals surface area contributed by atoms with Crippen LogP contribution in [0.4, 0.5) is 0 Å². The fraction of sp³-hybridized carbons (Fsp3) is 0.391. The molecule has 1 heterocycles. The van der Waals surface area contributed by atoms with E-state index in [9.17, 15) is 9.59 Å². The molecule has 0 spiro atoms. The summed E-state index contributed by atoms with van der Waals surface area (Å²) in [6.45, 7) is 1.92. The molecule has 160 valence electrons. The van der Waals surface area contributed by atoms with Gasteiger partial charge in [0, 0.05) is 42.6 Å². The van der Waals surface area contributed by atoms with Gasteiger partial charge in [-0.05, 0) is 54.8 Å². The van der Waals surface area contributed by atoms with Crippen LogP contribution in [0, 0.1) is 5.41 Å². The Morgan fingerprint density at radius 1 is 1.13 bits per heavy atom. The lowest BCUT2D eigenvalue weighted by Crippen LogP contribution is -2.47. The Hall–Kier alpha value is -2.57. The number of amides is 2. The first-order valence-electron chi connectivity index (χ1n) is 9.95. The molecule has 1 fully saturated rings. The zero-order chi connectivity index (χ0) is 21.6. The number of ether oxygens (including phenoxy) is 2. The number of hydrogen-bond donors (Lipinski definition) is 1. The molecule has 2 N–H and O–H groups in total. The minimum Gasteiger partial charge on any atom is -0.493 e. The van der Waals surface area contributed by atoms with Crippen molar-refractivity contribution < 1.29 is 19.1 Å². The van der Waals surface area contributed by atoms with E-state index in [4.69, 9.17) is 26.8 Å². The van der Waals surface area contributed by atoms with E-state index in [1.807, 2.05) is 29.2 Å². The number of carbonyl (C=O) groups is 2. The zero-order valence-corrected chi connectivity index (χ0v) is 17.9. The maximum atomic E-state index is 13.0. The van der Waals surface area contributed by atoms with Gasteiger partial charge in [-0.3, -0.25) is 9.59 Å². The molecule has 2 aromatic rings. The maximum Gasteiger partial charge on any atom is 0.253 e. The number of piperidine rings is 1. The van der Waals surface area contributed by atoms with Crippen molar-refractivity contribution in [2.24, 2.45) is 11.1 Å². The van der Waals surface area contributed by atoms with E-state index in [0.717, 1.165) is 5.56 Å². The van der Waals surface area contributed by atoms with Gasteiger partial charge in [0.25, 0.3) is 5.91 Å². The fourth-order valence-corrected chi connectivity index (χ4v) is 3.96. The number of nitrogens with two attached hydrogens (primary N) is 1. The van der Waals surface area contributed by atoms with Crippen LogP contribution < -0.4 is 10.5 Å². The largest absolute Gasteiger partial charge is 0.493 e. The van der Waals surface area contributed by atoms with Crippen molar-refractivity contribution in [3.8, 4) is 5.75 Å². The summed E-state index contributed by atoms with van der Waals surface area (Å²) in [6, 6.07) is 14.6. The Kier molecular flexibility index (Phi) is 7.34. The Balaban J connectivity index is 1.65. The third-order valence-electron chi connectivity index (χ3n) is 5.50. The van der Waals surface area contributed by atoms with Crippen molar-refractivity contribution in [1.29, 1.82) is 0 Å². The van der Waals surface area contributed by atoms with Crippen molar-refractivity contribution >= 4 is 23.4 Å². The SMILES string of the molecule is COCc1cccc(C(=O)N2CCC(COc3ccc(Cl)cc3)(CC(N)=O)CC2)c1. The number of nitrogens with zero attached hydrogens (tertiary/aromatic N) is 1. The molecule has 0 aliphatic carbocycles. The minimum absolute atomic E-state index is 0.0146. The maximum absolute atomic E-state index is 13.0. The van der Waals surface area contributed by atoms with Gasteiger partial charge in [-0.25, -0.2) is 0 Å². The Morgan fingerprint density at radius 3 is 2.47 bits per heavy atom. The highest BCUT2D eigenvalue weighted by Gasteiger charge is 2.38. The molecule has 6 nitrogen and oxygen atoms in total. The summed E-state index contributed by atoms with van der Waals surface area (Å²) in [5, 5.41) is 0.635. The van der Waals surface area contributed by atoms with E-state index >= 15 is 0 Å². The van der Waals surface area contributed by atoms with E-state index in [1.165, 1.54) is 0 Å². The summed E-state index contributed by atoms with van der Waals surface area (Å²) in [4.78, 5) is 26.5. The topological polar surface area (TPSA) is 81.9 Å². The second-order valence-corrected chi connectivity index (χ2v) is 8.25. The highest BCUT2D eigenvalue weighted by Crippen LogP contribution is 2.36. The summed E-state index contributed by atoms with van der Waals surface area (Å²) in [5.41, 5.74) is 6.74. The number of rotatable bonds is 8. The smallest absolute Gasteiger partial charge is 0.253 e. The van der Waals surface area contributed by atoms with Crippen LogP contribution in [0.1, 0.15) is 35.2 Å². The van der Waals surface area contributed by atoms with Gasteiger partial charge in [0.15, 0.2) is 0 Å². The van der Waals surface area contributed by atoms with Crippen molar-refractivity contribution in [2.75, 3.05) is 26.8 Å². The first kappa shape index (κ1) is 22.1. The van der Waals surface area contributed by atoms with Crippen LogP contribution in [0.3, 0.4) is 0 Å². The van der Waals surface area contributed by atoms with E-state index < -0.39 is 0 Å². The van der Waals surface area contributed by atoms with Crippen LogP contribution in [-0.2, 0) is 16.1 Å². The molecule has 2 aromatic carbocycles. The lowest BCUT2D eigenvalue weighted by atomic mass is 9.76. The molecule has 0 atom stereocenters. The Labute approximate surface area is 181 Å². The fourth-order valence-electron chi connectivity index (χ4n) is 3.84. The second-order valence-electron chi connectivity index (χ2n) is 7.81. The van der Waals surface area contributed by atoms with Crippen molar-refractivity contribution in [3.05, 3.63) is 64.7 Å². The monoisotopic (exact) mass is 430 g/mol. The number of hydrogen-bond acceptors (Lipinski definition) is 4. The van der Waals surface area contributed by atoms with Crippen LogP contribution in [-0.4, -0.2) is 43.5 Å². The number of likely N-dealkylation sites (tertiary alicyclic amines) is 1. The van der Waals surface area contributed by atoms with Crippen molar-refractivity contribution in [2.45, 2.75) is 25.9 Å². The van der Waals surface area contributed by atoms with Gasteiger partial charge in [-0.2, -0.15) is 0 Å². The molecule has 0 unspecified atom stereocenters. The average Bonchev–Trinajstić information content (AvgIpc) is 2.73. The molecule has 30 heavy (non-hydrogen) atoms. The van der Waals surface area contributed by atoms with Crippen LogP contribution in [0.2, 0.25) is 5.02 Å². The highest BCUT2D eigenvalue weighted by molar-refractivity contribution is 6.30. The van der Waals surface area contributed by atoms with Crippen molar-refractivity contribution in [1.82, 2.24) is 4.90 Å². The quantitative estimate of drug-likeness (QED) is 0.692. The van der Waals surface area contributed by atoms with Gasteiger partial charge in [0.1, 0.15) is 5.75 Å². The van der Waals surface area contributed by atoms with E-state index in [-0.39, 0.29) is 23.7 Å². The predicted octanol–water partition coefficient (Wildman–Crippen LogP) is 3.66. The molecule has 0 saturated carbocycles. The van der Waals surface area contributed by atoms with Gasteiger partial charge in [0.05, 0.1) is 13.2 Å². The van der Waals surface area contributed by atoms with Crippen LogP contribution in [0.5, 0.6) is 5.75 Å². The summed E-state index contributed by atoms with van der Waals surface area (Å²) in [5.74, 6) is 0.317. The van der Waals surface area contributed by atoms with E-state index in [0.29, 0.717) is 55.5 Å². The van der Waals surface area contributed by atoms with Gasteiger partial charge >= 0.3 is 0 Å². The molecule has 7 heteroatoms. The summed E-state index contributed by atoms with van der Waals surface area (Å²) >= 11 is 5.92. The molecule has 2 amide bonds. The van der Waals surface area contributed by atoms with Crippen molar-refractivity contribution in [3.63, 3.8) is 0 Å². The number of primary amides is 1. The first-order chi connectivity index (χ1) is 14.4. The zero-order valence-electron chi connectivity index (χ0n) is 17.1.